The molecule has 1 amide bonds. The molecule has 1 rings (SSSR count). The van der Waals surface area contributed by atoms with Gasteiger partial charge in [0.15, 0.2) is 0 Å². The van der Waals surface area contributed by atoms with Crippen molar-refractivity contribution in [3.8, 4) is 0 Å². The third kappa shape index (κ3) is 12.0. The van der Waals surface area contributed by atoms with E-state index in [2.05, 4.69) is 44.6 Å². The van der Waals surface area contributed by atoms with Crippen LogP contribution < -0.4 is 10.6 Å². The Morgan fingerprint density at radius 3 is 2.37 bits per heavy atom. The Morgan fingerprint density at radius 1 is 1.07 bits per heavy atom. The first-order valence-corrected chi connectivity index (χ1v) is 13.9. The number of thioether (sulfide) groups is 1. The molecule has 1 saturated carbocycles. The van der Waals surface area contributed by atoms with Crippen LogP contribution in [0.2, 0.25) is 0 Å². The van der Waals surface area contributed by atoms with Crippen molar-refractivity contribution in [1.82, 2.24) is 10.6 Å². The highest BCUT2D eigenvalue weighted by Gasteiger charge is 2.30. The number of carbonyl (C=O) groups is 1. The molecular formula is C25H50N2O2S. The van der Waals surface area contributed by atoms with Gasteiger partial charge in [0.1, 0.15) is 0 Å². The second-order valence-electron chi connectivity index (χ2n) is 10.1. The maximum absolute atomic E-state index is 12.8. The first-order valence-electron chi connectivity index (χ1n) is 12.5. The van der Waals surface area contributed by atoms with E-state index in [0.29, 0.717) is 18.3 Å². The lowest BCUT2D eigenvalue weighted by Gasteiger charge is -2.32. The molecule has 0 aliphatic heterocycles. The van der Waals surface area contributed by atoms with Gasteiger partial charge in [0.05, 0.1) is 6.10 Å². The SMILES string of the molecule is CSCCCNC(=O)C(CC(O)C(CC1CCCCC1)NCCCC(C)C)C(C)C. The molecule has 1 aliphatic carbocycles. The molecule has 3 atom stereocenters. The highest BCUT2D eigenvalue weighted by Crippen LogP contribution is 2.29. The van der Waals surface area contributed by atoms with Crippen molar-refractivity contribution >= 4 is 17.7 Å². The van der Waals surface area contributed by atoms with Crippen LogP contribution in [-0.2, 0) is 4.79 Å². The van der Waals surface area contributed by atoms with Crippen LogP contribution in [0.5, 0.6) is 0 Å². The normalized spacial score (nSPS) is 18.5. The van der Waals surface area contributed by atoms with Gasteiger partial charge >= 0.3 is 0 Å². The van der Waals surface area contributed by atoms with Crippen molar-refractivity contribution in [2.45, 2.75) is 104 Å². The van der Waals surface area contributed by atoms with Crippen molar-refractivity contribution in [3.05, 3.63) is 0 Å². The molecule has 1 aliphatic rings. The standard InChI is InChI=1S/C25H50N2O2S/c1-19(2)11-9-14-26-23(17-21-12-7-6-8-13-21)24(28)18-22(20(3)4)25(29)27-15-10-16-30-5/h19-24,26,28H,6-18H2,1-5H3,(H,27,29). The second kappa shape index (κ2) is 16.4. The zero-order valence-corrected chi connectivity index (χ0v) is 21.2. The Bertz CT molecular complexity index is 439. The molecule has 0 aromatic rings. The Morgan fingerprint density at radius 2 is 1.77 bits per heavy atom. The van der Waals surface area contributed by atoms with E-state index in [-0.39, 0.29) is 23.8 Å². The fourth-order valence-electron chi connectivity index (χ4n) is 4.62. The second-order valence-corrected chi connectivity index (χ2v) is 11.1. The largest absolute Gasteiger partial charge is 0.391 e. The summed E-state index contributed by atoms with van der Waals surface area (Å²) in [4.78, 5) is 12.8. The number of aliphatic hydroxyl groups is 1. The summed E-state index contributed by atoms with van der Waals surface area (Å²) in [5.41, 5.74) is 0. The van der Waals surface area contributed by atoms with Gasteiger partial charge < -0.3 is 15.7 Å². The molecule has 0 spiro atoms. The third-order valence-corrected chi connectivity index (χ3v) is 7.30. The topological polar surface area (TPSA) is 61.4 Å². The molecule has 3 unspecified atom stereocenters. The van der Waals surface area contributed by atoms with Crippen LogP contribution in [0.4, 0.5) is 0 Å². The summed E-state index contributed by atoms with van der Waals surface area (Å²) in [6.07, 6.45) is 13.2. The Labute approximate surface area is 191 Å². The summed E-state index contributed by atoms with van der Waals surface area (Å²) in [5.74, 6) is 2.72. The molecule has 3 N–H and O–H groups in total. The minimum Gasteiger partial charge on any atom is -0.391 e. The van der Waals surface area contributed by atoms with Crippen LogP contribution in [0.15, 0.2) is 0 Å². The van der Waals surface area contributed by atoms with E-state index in [4.69, 9.17) is 0 Å². The van der Waals surface area contributed by atoms with Crippen LogP contribution in [-0.4, -0.2) is 48.3 Å². The van der Waals surface area contributed by atoms with E-state index >= 15 is 0 Å². The quantitative estimate of drug-likeness (QED) is 0.286. The van der Waals surface area contributed by atoms with Gasteiger partial charge in [0, 0.05) is 18.5 Å². The first-order chi connectivity index (χ1) is 14.3. The van der Waals surface area contributed by atoms with Gasteiger partial charge in [0.2, 0.25) is 5.91 Å². The summed E-state index contributed by atoms with van der Waals surface area (Å²) in [6, 6.07) is 0.103. The van der Waals surface area contributed by atoms with Crippen LogP contribution in [0.1, 0.15) is 91.9 Å². The molecule has 0 heterocycles. The molecular weight excluding hydrogens is 392 g/mol. The Balaban J connectivity index is 2.64. The van der Waals surface area contributed by atoms with Crippen LogP contribution in [0, 0.1) is 23.7 Å². The Kier molecular flexibility index (Phi) is 15.2. The van der Waals surface area contributed by atoms with E-state index in [1.165, 1.54) is 38.5 Å². The highest BCUT2D eigenvalue weighted by atomic mass is 32.2. The van der Waals surface area contributed by atoms with Gasteiger partial charge in [-0.15, -0.1) is 0 Å². The van der Waals surface area contributed by atoms with E-state index < -0.39 is 6.10 Å². The zero-order chi connectivity index (χ0) is 22.4. The number of carbonyl (C=O) groups excluding carboxylic acids is 1. The van der Waals surface area contributed by atoms with Crippen molar-refractivity contribution in [2.75, 3.05) is 25.1 Å². The number of hydrogen-bond donors (Lipinski definition) is 3. The molecule has 0 aromatic heterocycles. The molecule has 0 aromatic carbocycles. The number of aliphatic hydroxyl groups excluding tert-OH is 1. The maximum Gasteiger partial charge on any atom is 0.223 e. The van der Waals surface area contributed by atoms with Crippen molar-refractivity contribution in [3.63, 3.8) is 0 Å². The minimum absolute atomic E-state index is 0.103. The first kappa shape index (κ1) is 27.8. The number of hydrogen-bond acceptors (Lipinski definition) is 4. The summed E-state index contributed by atoms with van der Waals surface area (Å²) in [6.45, 7) is 10.4. The summed E-state index contributed by atoms with van der Waals surface area (Å²) in [5, 5.41) is 18.0. The third-order valence-electron chi connectivity index (χ3n) is 6.60. The van der Waals surface area contributed by atoms with Gasteiger partial charge in [-0.2, -0.15) is 11.8 Å². The summed E-state index contributed by atoms with van der Waals surface area (Å²) >= 11 is 1.81. The average Bonchev–Trinajstić information content (AvgIpc) is 2.71. The molecule has 0 radical (unpaired) electrons. The zero-order valence-electron chi connectivity index (χ0n) is 20.4. The van der Waals surface area contributed by atoms with E-state index in [0.717, 1.165) is 38.1 Å². The molecule has 4 nitrogen and oxygen atoms in total. The van der Waals surface area contributed by atoms with Gasteiger partial charge in [0.25, 0.3) is 0 Å². The van der Waals surface area contributed by atoms with Gasteiger partial charge in [-0.05, 0) is 68.4 Å². The molecule has 0 saturated heterocycles. The number of nitrogens with one attached hydrogen (secondary N) is 2. The predicted octanol–water partition coefficient (Wildman–Crippen LogP) is 5.24. The lowest BCUT2D eigenvalue weighted by molar-refractivity contribution is -0.127. The van der Waals surface area contributed by atoms with Crippen LogP contribution in [0.25, 0.3) is 0 Å². The highest BCUT2D eigenvalue weighted by molar-refractivity contribution is 7.98. The fourth-order valence-corrected chi connectivity index (χ4v) is 5.05. The molecule has 5 heteroatoms. The van der Waals surface area contributed by atoms with Gasteiger partial charge in [-0.25, -0.2) is 0 Å². The monoisotopic (exact) mass is 442 g/mol. The maximum atomic E-state index is 12.8. The lowest BCUT2D eigenvalue weighted by atomic mass is 9.81. The minimum atomic E-state index is -0.463. The number of amides is 1. The van der Waals surface area contributed by atoms with Crippen molar-refractivity contribution < 1.29 is 9.90 Å². The van der Waals surface area contributed by atoms with E-state index in [1.807, 2.05) is 11.8 Å². The Hall–Kier alpha value is -0.260. The average molecular weight is 443 g/mol. The van der Waals surface area contributed by atoms with E-state index in [1.54, 1.807) is 0 Å². The number of rotatable bonds is 16. The van der Waals surface area contributed by atoms with Gasteiger partial charge in [-0.1, -0.05) is 59.8 Å². The fraction of sp³-hybridized carbons (Fsp3) is 0.960. The molecule has 30 heavy (non-hydrogen) atoms. The summed E-state index contributed by atoms with van der Waals surface area (Å²) < 4.78 is 0. The van der Waals surface area contributed by atoms with Crippen molar-refractivity contribution in [2.24, 2.45) is 23.7 Å². The molecule has 1 fully saturated rings. The van der Waals surface area contributed by atoms with E-state index in [9.17, 15) is 9.90 Å². The lowest BCUT2D eigenvalue weighted by Crippen LogP contribution is -2.45. The predicted molar refractivity (Wildman–Crippen MR) is 132 cm³/mol. The molecule has 178 valence electrons. The molecule has 0 bridgehead atoms. The smallest absolute Gasteiger partial charge is 0.223 e. The summed E-state index contributed by atoms with van der Waals surface area (Å²) in [7, 11) is 0. The van der Waals surface area contributed by atoms with Crippen LogP contribution in [0.3, 0.4) is 0 Å². The van der Waals surface area contributed by atoms with Gasteiger partial charge in [-0.3, -0.25) is 4.79 Å². The van der Waals surface area contributed by atoms with Crippen molar-refractivity contribution in [1.29, 1.82) is 0 Å². The van der Waals surface area contributed by atoms with Crippen LogP contribution >= 0.6 is 11.8 Å².